The van der Waals surface area contributed by atoms with Crippen molar-refractivity contribution in [3.63, 3.8) is 0 Å². The molecule has 4 nitrogen and oxygen atoms in total. The zero-order valence-corrected chi connectivity index (χ0v) is 19.2. The smallest absolute Gasteiger partial charge is 0.137 e. The summed E-state index contributed by atoms with van der Waals surface area (Å²) in [4.78, 5) is 7.61. The van der Waals surface area contributed by atoms with Crippen LogP contribution in [0.15, 0.2) is 48.5 Å². The van der Waals surface area contributed by atoms with Crippen molar-refractivity contribution in [2.24, 2.45) is 0 Å². The molecule has 0 amide bonds. The molecule has 0 radical (unpaired) electrons. The van der Waals surface area contributed by atoms with E-state index in [0.29, 0.717) is 11.6 Å². The van der Waals surface area contributed by atoms with Gasteiger partial charge in [-0.3, -0.25) is 0 Å². The van der Waals surface area contributed by atoms with Crippen molar-refractivity contribution in [3.8, 4) is 5.75 Å². The van der Waals surface area contributed by atoms with Crippen LogP contribution in [0.4, 0.5) is 0 Å². The average molecular weight is 440 g/mol. The Morgan fingerprint density at radius 1 is 0.839 bits per heavy atom. The Balaban J connectivity index is 1.31. The summed E-state index contributed by atoms with van der Waals surface area (Å²) in [5.41, 5.74) is 2.36. The Morgan fingerprint density at radius 2 is 1.61 bits per heavy atom. The zero-order valence-electron chi connectivity index (χ0n) is 18.4. The number of imidazole rings is 1. The van der Waals surface area contributed by atoms with Crippen molar-refractivity contribution < 1.29 is 4.74 Å². The number of likely N-dealkylation sites (tertiary alicyclic amines) is 1. The number of ether oxygens (including phenoxy) is 1. The van der Waals surface area contributed by atoms with E-state index < -0.39 is 0 Å². The normalized spacial score (nSPS) is 15.3. The van der Waals surface area contributed by atoms with Crippen LogP contribution in [-0.4, -0.2) is 40.7 Å². The first-order chi connectivity index (χ1) is 15.3. The van der Waals surface area contributed by atoms with Crippen LogP contribution in [0.25, 0.3) is 11.0 Å². The zero-order chi connectivity index (χ0) is 21.3. The Hall–Kier alpha value is -2.04. The van der Waals surface area contributed by atoms with Crippen LogP contribution in [0.5, 0.6) is 5.75 Å². The third-order valence-electron chi connectivity index (χ3n) is 6.18. The second-order valence-electron chi connectivity index (χ2n) is 8.51. The lowest BCUT2D eigenvalue weighted by Crippen LogP contribution is -2.26. The summed E-state index contributed by atoms with van der Waals surface area (Å²) in [5, 5.41) is 0.676. The van der Waals surface area contributed by atoms with Gasteiger partial charge in [-0.25, -0.2) is 4.98 Å². The maximum atomic E-state index is 6.18. The number of aromatic nitrogens is 2. The highest BCUT2D eigenvalue weighted by Crippen LogP contribution is 2.23. The lowest BCUT2D eigenvalue weighted by Gasteiger charge is -2.19. The third kappa shape index (κ3) is 6.24. The van der Waals surface area contributed by atoms with Crippen molar-refractivity contribution in [2.45, 2.75) is 57.9 Å². The highest BCUT2D eigenvalue weighted by molar-refractivity contribution is 6.32. The minimum absolute atomic E-state index is 0.676. The van der Waals surface area contributed by atoms with Gasteiger partial charge < -0.3 is 14.2 Å². The highest BCUT2D eigenvalue weighted by atomic mass is 35.5. The Bertz CT molecular complexity index is 947. The number of unbranched alkanes of at least 4 members (excludes halogenated alkanes) is 1. The number of nitrogens with zero attached hydrogens (tertiary/aromatic N) is 3. The maximum Gasteiger partial charge on any atom is 0.137 e. The molecular formula is C26H34ClN3O. The molecule has 0 unspecified atom stereocenters. The number of halogens is 1. The number of hydrogen-bond donors (Lipinski definition) is 0. The van der Waals surface area contributed by atoms with Crippen LogP contribution >= 0.6 is 11.6 Å². The third-order valence-corrected chi connectivity index (χ3v) is 6.49. The molecule has 166 valence electrons. The molecule has 1 aliphatic rings. The van der Waals surface area contributed by atoms with E-state index in [1.165, 1.54) is 63.1 Å². The number of hydrogen-bond acceptors (Lipinski definition) is 3. The molecule has 31 heavy (non-hydrogen) atoms. The number of aryl methyl sites for hydroxylation is 2. The van der Waals surface area contributed by atoms with E-state index in [1.54, 1.807) is 0 Å². The predicted octanol–water partition coefficient (Wildman–Crippen LogP) is 6.36. The molecule has 3 aromatic rings. The topological polar surface area (TPSA) is 30.3 Å². The van der Waals surface area contributed by atoms with Crippen LogP contribution in [0.1, 0.15) is 50.8 Å². The molecule has 1 aromatic heterocycles. The molecule has 0 spiro atoms. The Labute approximate surface area is 191 Å². The molecule has 1 saturated heterocycles. The van der Waals surface area contributed by atoms with Crippen molar-refractivity contribution >= 4 is 22.6 Å². The molecule has 2 heterocycles. The molecule has 2 aromatic carbocycles. The van der Waals surface area contributed by atoms with E-state index in [2.05, 4.69) is 33.7 Å². The van der Waals surface area contributed by atoms with Gasteiger partial charge in [0.05, 0.1) is 22.7 Å². The lowest BCUT2D eigenvalue weighted by molar-refractivity contribution is 0.280. The van der Waals surface area contributed by atoms with Crippen molar-refractivity contribution in [2.75, 3.05) is 26.2 Å². The summed E-state index contributed by atoms with van der Waals surface area (Å²) in [7, 11) is 0. The minimum Gasteiger partial charge on any atom is -0.492 e. The van der Waals surface area contributed by atoms with E-state index in [-0.39, 0.29) is 0 Å². The second-order valence-corrected chi connectivity index (χ2v) is 8.92. The van der Waals surface area contributed by atoms with E-state index in [0.717, 1.165) is 37.1 Å². The molecule has 0 atom stereocenters. The van der Waals surface area contributed by atoms with Gasteiger partial charge in [-0.1, -0.05) is 48.7 Å². The fraction of sp³-hybridized carbons (Fsp3) is 0.500. The summed E-state index contributed by atoms with van der Waals surface area (Å²) in [5.74, 6) is 1.99. The average Bonchev–Trinajstić information content (AvgIpc) is 2.94. The van der Waals surface area contributed by atoms with Gasteiger partial charge in [0.15, 0.2) is 0 Å². The van der Waals surface area contributed by atoms with E-state index >= 15 is 0 Å². The van der Waals surface area contributed by atoms with E-state index in [1.807, 2.05) is 24.3 Å². The van der Waals surface area contributed by atoms with E-state index in [4.69, 9.17) is 21.3 Å². The summed E-state index contributed by atoms with van der Waals surface area (Å²) in [6, 6.07) is 16.2. The van der Waals surface area contributed by atoms with Gasteiger partial charge in [-0.05, 0) is 76.0 Å². The van der Waals surface area contributed by atoms with Gasteiger partial charge in [0.2, 0.25) is 0 Å². The molecule has 0 saturated carbocycles. The standard InChI is InChI=1S/C26H34ClN3O/c27-22-12-3-6-15-25(22)31-21-10-9-20-30-24-14-5-4-13-23(24)28-26(30)16-11-19-29-17-7-1-2-8-18-29/h3-6,12-15H,1-2,7-11,16-21H2. The van der Waals surface area contributed by atoms with Crippen LogP contribution < -0.4 is 4.74 Å². The molecule has 4 rings (SSSR count). The van der Waals surface area contributed by atoms with Crippen molar-refractivity contribution in [1.82, 2.24) is 14.5 Å². The summed E-state index contributed by atoms with van der Waals surface area (Å²) in [6.07, 6.45) is 9.78. The van der Waals surface area contributed by atoms with Crippen LogP contribution in [0, 0.1) is 0 Å². The molecule has 0 bridgehead atoms. The first-order valence-corrected chi connectivity index (χ1v) is 12.2. The lowest BCUT2D eigenvalue weighted by atomic mass is 10.2. The quantitative estimate of drug-likeness (QED) is 0.344. The Kier molecular flexibility index (Phi) is 8.25. The number of fused-ring (bicyclic) bond motifs is 1. The van der Waals surface area contributed by atoms with Gasteiger partial charge in [0, 0.05) is 13.0 Å². The SMILES string of the molecule is Clc1ccccc1OCCCCn1c(CCCN2CCCCCC2)nc2ccccc21. The molecule has 0 N–H and O–H groups in total. The molecule has 5 heteroatoms. The van der Waals surface area contributed by atoms with Gasteiger partial charge >= 0.3 is 0 Å². The number of benzene rings is 2. The van der Waals surface area contributed by atoms with Gasteiger partial charge in [0.25, 0.3) is 0 Å². The maximum absolute atomic E-state index is 6.18. The van der Waals surface area contributed by atoms with Crippen molar-refractivity contribution in [1.29, 1.82) is 0 Å². The molecule has 1 aliphatic heterocycles. The molecule has 1 fully saturated rings. The second kappa shape index (κ2) is 11.5. The van der Waals surface area contributed by atoms with Crippen molar-refractivity contribution in [3.05, 3.63) is 59.4 Å². The van der Waals surface area contributed by atoms with Crippen LogP contribution in [-0.2, 0) is 13.0 Å². The summed E-state index contributed by atoms with van der Waals surface area (Å²) < 4.78 is 8.28. The highest BCUT2D eigenvalue weighted by Gasteiger charge is 2.12. The fourth-order valence-electron chi connectivity index (χ4n) is 4.50. The van der Waals surface area contributed by atoms with Gasteiger partial charge in [-0.15, -0.1) is 0 Å². The predicted molar refractivity (Wildman–Crippen MR) is 129 cm³/mol. The Morgan fingerprint density at radius 3 is 2.45 bits per heavy atom. The monoisotopic (exact) mass is 439 g/mol. The number of rotatable bonds is 10. The molecular weight excluding hydrogens is 406 g/mol. The van der Waals surface area contributed by atoms with Gasteiger partial charge in [0.1, 0.15) is 11.6 Å². The first-order valence-electron chi connectivity index (χ1n) is 11.8. The van der Waals surface area contributed by atoms with Crippen LogP contribution in [0.2, 0.25) is 5.02 Å². The summed E-state index contributed by atoms with van der Waals surface area (Å²) >= 11 is 6.18. The van der Waals surface area contributed by atoms with Gasteiger partial charge in [-0.2, -0.15) is 0 Å². The summed E-state index contributed by atoms with van der Waals surface area (Å²) in [6.45, 7) is 5.38. The van der Waals surface area contributed by atoms with Crippen LogP contribution in [0.3, 0.4) is 0 Å². The van der Waals surface area contributed by atoms with E-state index in [9.17, 15) is 0 Å². The largest absolute Gasteiger partial charge is 0.492 e. The minimum atomic E-state index is 0.676. The first kappa shape index (κ1) is 22.2. The molecule has 0 aliphatic carbocycles. The number of para-hydroxylation sites is 3. The fourth-order valence-corrected chi connectivity index (χ4v) is 4.69.